The van der Waals surface area contributed by atoms with E-state index in [-0.39, 0.29) is 12.6 Å². The van der Waals surface area contributed by atoms with Crippen LogP contribution in [0.4, 0.5) is 0 Å². The van der Waals surface area contributed by atoms with Gasteiger partial charge in [-0.2, -0.15) is 0 Å². The number of Topliss-reactive ketones (excluding diaryl/α,β-unsaturated/α-hetero) is 2. The van der Waals surface area contributed by atoms with Gasteiger partial charge in [-0.15, -0.1) is 0 Å². The summed E-state index contributed by atoms with van der Waals surface area (Å²) in [5.41, 5.74) is 0.697. The first kappa shape index (κ1) is 14.9. The van der Waals surface area contributed by atoms with Gasteiger partial charge >= 0.3 is 0 Å². The lowest BCUT2D eigenvalue weighted by Crippen LogP contribution is -1.99. The molecule has 0 aromatic heterocycles. The van der Waals surface area contributed by atoms with E-state index in [1.165, 1.54) is 11.8 Å². The molecule has 0 amide bonds. The van der Waals surface area contributed by atoms with E-state index in [1.54, 1.807) is 48.5 Å². The van der Waals surface area contributed by atoms with E-state index in [2.05, 4.69) is 0 Å². The molecule has 0 atom stereocenters. The smallest absolute Gasteiger partial charge is 0.225 e. The zero-order valence-corrected chi connectivity index (χ0v) is 11.6. The lowest BCUT2D eigenvalue weighted by molar-refractivity contribution is -0.105. The van der Waals surface area contributed by atoms with Gasteiger partial charge in [0.25, 0.3) is 0 Å². The molecule has 2 rings (SSSR count). The van der Waals surface area contributed by atoms with Gasteiger partial charge in [0, 0.05) is 20.9 Å². The van der Waals surface area contributed by atoms with Crippen LogP contribution in [-0.4, -0.2) is 24.1 Å². The van der Waals surface area contributed by atoms with Crippen LogP contribution in [0.3, 0.4) is 0 Å². The van der Waals surface area contributed by atoms with Crippen molar-refractivity contribution in [2.75, 3.05) is 0 Å². The average Bonchev–Trinajstić information content (AvgIpc) is 2.55. The van der Waals surface area contributed by atoms with Gasteiger partial charge in [0.1, 0.15) is 0 Å². The molecule has 0 fully saturated rings. The minimum Gasteiger partial charge on any atom is -0.294 e. The summed E-state index contributed by atoms with van der Waals surface area (Å²) in [6.45, 7) is 0. The zero-order valence-electron chi connectivity index (χ0n) is 10.8. The van der Waals surface area contributed by atoms with Gasteiger partial charge in [0.2, 0.25) is 11.6 Å². The molecule has 0 saturated heterocycles. The first-order valence-corrected chi connectivity index (χ1v) is 6.82. The second kappa shape index (κ2) is 6.76. The molecule has 0 aliphatic carbocycles. The Morgan fingerprint density at radius 3 is 1.29 bits per heavy atom. The average molecular weight is 298 g/mol. The van der Waals surface area contributed by atoms with E-state index < -0.39 is 11.6 Å². The van der Waals surface area contributed by atoms with Crippen molar-refractivity contribution in [3.05, 3.63) is 59.7 Å². The van der Waals surface area contributed by atoms with Crippen molar-refractivity contribution in [1.82, 2.24) is 0 Å². The van der Waals surface area contributed by atoms with Crippen LogP contribution in [0, 0.1) is 0 Å². The van der Waals surface area contributed by atoms with Crippen molar-refractivity contribution >= 4 is 35.9 Å². The summed E-state index contributed by atoms with van der Waals surface area (Å²) in [6, 6.07) is 13.3. The Morgan fingerprint density at radius 1 is 0.667 bits per heavy atom. The Balaban J connectivity index is 2.11. The predicted molar refractivity (Wildman–Crippen MR) is 77.8 cm³/mol. The lowest BCUT2D eigenvalue weighted by atomic mass is 10.1. The first-order valence-electron chi connectivity index (χ1n) is 6.01. The van der Waals surface area contributed by atoms with Crippen LogP contribution in [0.25, 0.3) is 0 Å². The Bertz CT molecular complexity index is 626. The highest BCUT2D eigenvalue weighted by Gasteiger charge is 2.06. The van der Waals surface area contributed by atoms with E-state index in [4.69, 9.17) is 0 Å². The first-order chi connectivity index (χ1) is 10.1. The Kier molecular flexibility index (Phi) is 4.79. The summed E-state index contributed by atoms with van der Waals surface area (Å²) in [7, 11) is 0. The number of ketones is 2. The molecule has 4 nitrogen and oxygen atoms in total. The van der Waals surface area contributed by atoms with Gasteiger partial charge in [-0.3, -0.25) is 19.2 Å². The Labute approximate surface area is 125 Å². The van der Waals surface area contributed by atoms with E-state index in [0.29, 0.717) is 11.1 Å². The maximum atomic E-state index is 11.2. The van der Waals surface area contributed by atoms with Crippen LogP contribution >= 0.6 is 11.8 Å². The third kappa shape index (κ3) is 3.73. The van der Waals surface area contributed by atoms with Gasteiger partial charge in [-0.05, 0) is 48.5 Å². The second-order valence-corrected chi connectivity index (χ2v) is 5.26. The molecule has 2 aromatic carbocycles. The number of benzene rings is 2. The van der Waals surface area contributed by atoms with E-state index >= 15 is 0 Å². The number of carbonyl (C=O) groups excluding carboxylic acids is 4. The molecular weight excluding hydrogens is 288 g/mol. The largest absolute Gasteiger partial charge is 0.294 e. The highest BCUT2D eigenvalue weighted by atomic mass is 32.2. The van der Waals surface area contributed by atoms with Crippen LogP contribution in [0.1, 0.15) is 20.7 Å². The van der Waals surface area contributed by atoms with E-state index in [9.17, 15) is 19.2 Å². The molecule has 0 bridgehead atoms. The quantitative estimate of drug-likeness (QED) is 0.466. The maximum absolute atomic E-state index is 11.2. The fraction of sp³-hybridized carbons (Fsp3) is 0. The molecule has 0 radical (unpaired) electrons. The number of hydrogen-bond donors (Lipinski definition) is 0. The lowest BCUT2D eigenvalue weighted by Gasteiger charge is -2.03. The number of rotatable bonds is 6. The van der Waals surface area contributed by atoms with Crippen molar-refractivity contribution in [1.29, 1.82) is 0 Å². The van der Waals surface area contributed by atoms with Crippen LogP contribution in [0.15, 0.2) is 58.3 Å². The normalized spacial score (nSPS) is 9.90. The molecule has 21 heavy (non-hydrogen) atoms. The Morgan fingerprint density at radius 2 is 1.00 bits per heavy atom. The predicted octanol–water partition coefficient (Wildman–Crippen LogP) is 2.60. The molecule has 104 valence electrons. The molecule has 0 aliphatic heterocycles. The SMILES string of the molecule is O=CC(=O)c1ccc(Sc2ccc(C(=O)C=O)cc2)cc1. The summed E-state index contributed by atoms with van der Waals surface area (Å²) >= 11 is 1.44. The van der Waals surface area contributed by atoms with Gasteiger partial charge in [0.05, 0.1) is 0 Å². The van der Waals surface area contributed by atoms with Gasteiger partial charge < -0.3 is 0 Å². The molecule has 0 N–H and O–H groups in total. The van der Waals surface area contributed by atoms with Crippen molar-refractivity contribution in [2.24, 2.45) is 0 Å². The van der Waals surface area contributed by atoms with Crippen LogP contribution in [0.5, 0.6) is 0 Å². The number of hydrogen-bond acceptors (Lipinski definition) is 5. The topological polar surface area (TPSA) is 68.3 Å². The fourth-order valence-electron chi connectivity index (χ4n) is 1.65. The minimum absolute atomic E-state index is 0.283. The van der Waals surface area contributed by atoms with Crippen LogP contribution < -0.4 is 0 Å². The Hall–Kier alpha value is -2.53. The minimum atomic E-state index is -0.553. The summed E-state index contributed by atoms with van der Waals surface area (Å²) in [5, 5.41) is 0. The number of aldehydes is 2. The maximum Gasteiger partial charge on any atom is 0.225 e. The summed E-state index contributed by atoms with van der Waals surface area (Å²) in [5.74, 6) is -1.11. The summed E-state index contributed by atoms with van der Waals surface area (Å²) in [4.78, 5) is 44.9. The molecule has 0 aliphatic rings. The van der Waals surface area contributed by atoms with E-state index in [0.717, 1.165) is 9.79 Å². The molecule has 0 spiro atoms. The van der Waals surface area contributed by atoms with Crippen molar-refractivity contribution in [3.8, 4) is 0 Å². The molecule has 2 aromatic rings. The monoisotopic (exact) mass is 298 g/mol. The number of carbonyl (C=O) groups is 4. The third-order valence-corrected chi connectivity index (χ3v) is 3.74. The highest BCUT2D eigenvalue weighted by molar-refractivity contribution is 7.99. The molecule has 0 heterocycles. The van der Waals surface area contributed by atoms with Crippen molar-refractivity contribution < 1.29 is 19.2 Å². The van der Waals surface area contributed by atoms with Crippen molar-refractivity contribution in [3.63, 3.8) is 0 Å². The summed E-state index contributed by atoms with van der Waals surface area (Å²) in [6.07, 6.45) is 0.565. The molecule has 5 heteroatoms. The van der Waals surface area contributed by atoms with Crippen LogP contribution in [0.2, 0.25) is 0 Å². The summed E-state index contributed by atoms with van der Waals surface area (Å²) < 4.78 is 0. The van der Waals surface area contributed by atoms with Gasteiger partial charge in [-0.25, -0.2) is 0 Å². The van der Waals surface area contributed by atoms with Gasteiger partial charge in [-0.1, -0.05) is 11.8 Å². The second-order valence-electron chi connectivity index (χ2n) is 4.12. The van der Waals surface area contributed by atoms with Crippen LogP contribution in [-0.2, 0) is 9.59 Å². The molecular formula is C16H10O4S. The standard InChI is InChI=1S/C16H10O4S/c17-9-15(19)11-1-5-13(6-2-11)21-14-7-3-12(4-8-14)16(20)10-18/h1-10H. The zero-order chi connectivity index (χ0) is 15.2. The molecule has 0 unspecified atom stereocenters. The third-order valence-electron chi connectivity index (χ3n) is 2.73. The fourth-order valence-corrected chi connectivity index (χ4v) is 2.46. The highest BCUT2D eigenvalue weighted by Crippen LogP contribution is 2.28. The molecule has 0 saturated carbocycles. The van der Waals surface area contributed by atoms with Crippen molar-refractivity contribution in [2.45, 2.75) is 9.79 Å². The van der Waals surface area contributed by atoms with Gasteiger partial charge in [0.15, 0.2) is 12.6 Å². The van der Waals surface area contributed by atoms with E-state index in [1.807, 2.05) is 0 Å².